The number of hydrogen-bond donors (Lipinski definition) is 1. The monoisotopic (exact) mass is 407 g/mol. The largest absolute Gasteiger partial charge is 0.474 e. The number of sulfone groups is 1. The Kier molecular flexibility index (Phi) is 6.69. The molecule has 28 heavy (non-hydrogen) atoms. The molecule has 1 N–H and O–H groups in total. The molecule has 1 aromatic heterocycles. The van der Waals surface area contributed by atoms with Gasteiger partial charge in [0.1, 0.15) is 17.5 Å². The van der Waals surface area contributed by atoms with E-state index in [9.17, 15) is 13.2 Å². The van der Waals surface area contributed by atoms with Gasteiger partial charge in [-0.25, -0.2) is 13.4 Å². The Labute approximate surface area is 166 Å². The van der Waals surface area contributed by atoms with Crippen LogP contribution in [0.15, 0.2) is 17.7 Å². The normalized spacial score (nSPS) is 19.9. The molecule has 8 heteroatoms. The van der Waals surface area contributed by atoms with Crippen molar-refractivity contribution in [2.24, 2.45) is 0 Å². The van der Waals surface area contributed by atoms with E-state index in [1.807, 2.05) is 0 Å². The fourth-order valence-corrected chi connectivity index (χ4v) is 4.28. The van der Waals surface area contributed by atoms with Gasteiger partial charge in [-0.05, 0) is 45.4 Å². The number of ether oxygens (including phenoxy) is 1. The summed E-state index contributed by atoms with van der Waals surface area (Å²) in [7, 11) is -3.24. The van der Waals surface area contributed by atoms with Crippen LogP contribution in [0.1, 0.15) is 80.4 Å². The summed E-state index contributed by atoms with van der Waals surface area (Å²) in [6.45, 7) is 1.71. The zero-order chi connectivity index (χ0) is 20.1. The van der Waals surface area contributed by atoms with Crippen LogP contribution >= 0.6 is 0 Å². The summed E-state index contributed by atoms with van der Waals surface area (Å²) in [4.78, 5) is 21.8. The van der Waals surface area contributed by atoms with Gasteiger partial charge in [0, 0.05) is 29.8 Å². The second kappa shape index (κ2) is 9.03. The molecule has 1 atom stereocenters. The maximum Gasteiger partial charge on any atom is 0.258 e. The van der Waals surface area contributed by atoms with Gasteiger partial charge in [0.25, 0.3) is 5.91 Å². The summed E-state index contributed by atoms with van der Waals surface area (Å²) >= 11 is 0. The average Bonchev–Trinajstić information content (AvgIpc) is 3.33. The maximum atomic E-state index is 12.8. The lowest BCUT2D eigenvalue weighted by Gasteiger charge is -2.18. The minimum absolute atomic E-state index is 0.0837. The van der Waals surface area contributed by atoms with Crippen LogP contribution in [0.3, 0.4) is 0 Å². The van der Waals surface area contributed by atoms with Crippen LogP contribution in [0, 0.1) is 0 Å². The topological polar surface area (TPSA) is 98.2 Å². The summed E-state index contributed by atoms with van der Waals surface area (Å²) in [6, 6.07) is -0.448. The lowest BCUT2D eigenvalue weighted by atomic mass is 10.1. The lowest BCUT2D eigenvalue weighted by Crippen LogP contribution is -2.32. The minimum atomic E-state index is -3.24. The fraction of sp³-hybridized carbons (Fsp3) is 0.650. The van der Waals surface area contributed by atoms with Crippen molar-refractivity contribution in [3.63, 3.8) is 0 Å². The molecule has 0 saturated heterocycles. The van der Waals surface area contributed by atoms with Gasteiger partial charge in [-0.2, -0.15) is 4.98 Å². The molecule has 2 saturated carbocycles. The number of aromatic nitrogens is 2. The highest BCUT2D eigenvalue weighted by Gasteiger charge is 2.26. The molecule has 0 radical (unpaired) electrons. The summed E-state index contributed by atoms with van der Waals surface area (Å²) in [6.07, 6.45) is 12.9. The molecule has 1 aromatic rings. The predicted molar refractivity (Wildman–Crippen MR) is 107 cm³/mol. The van der Waals surface area contributed by atoms with Crippen molar-refractivity contribution in [2.45, 2.75) is 76.4 Å². The van der Waals surface area contributed by atoms with Gasteiger partial charge in [-0.3, -0.25) is 4.79 Å². The highest BCUT2D eigenvalue weighted by molar-refractivity contribution is 7.93. The second-order valence-electron chi connectivity index (χ2n) is 7.87. The third-order valence-corrected chi connectivity index (χ3v) is 5.94. The van der Waals surface area contributed by atoms with Crippen LogP contribution in [0.2, 0.25) is 0 Å². The zero-order valence-corrected chi connectivity index (χ0v) is 17.4. The van der Waals surface area contributed by atoms with Crippen molar-refractivity contribution in [2.75, 3.05) is 6.26 Å². The highest BCUT2D eigenvalue weighted by atomic mass is 32.2. The van der Waals surface area contributed by atoms with Crippen LogP contribution in [-0.2, 0) is 9.84 Å². The fourth-order valence-electron chi connectivity index (χ4n) is 3.76. The van der Waals surface area contributed by atoms with E-state index in [2.05, 4.69) is 15.3 Å². The van der Waals surface area contributed by atoms with E-state index in [0.717, 1.165) is 56.0 Å². The molecule has 1 amide bonds. The van der Waals surface area contributed by atoms with Gasteiger partial charge in [-0.1, -0.05) is 18.9 Å². The van der Waals surface area contributed by atoms with E-state index in [-0.39, 0.29) is 12.0 Å². The lowest BCUT2D eigenvalue weighted by molar-refractivity contribution is 0.0937. The maximum absolute atomic E-state index is 12.8. The first-order valence-corrected chi connectivity index (χ1v) is 12.0. The SMILES string of the molecule is CC(/C=C/S(C)(=O)=O)NC(=O)c1cnc(C2CCCC2)nc1OC1CCCC1. The number of nitrogens with zero attached hydrogens (tertiary/aromatic N) is 2. The molecule has 1 heterocycles. The number of amides is 1. The standard InChI is InChI=1S/C20H29N3O4S/c1-14(11-12-28(2,25)26)22-19(24)17-13-21-18(15-7-3-4-8-15)23-20(17)27-16-9-5-6-10-16/h11-16H,3-10H2,1-2H3,(H,22,24)/b12-11+. The summed E-state index contributed by atoms with van der Waals surface area (Å²) in [5, 5.41) is 3.86. The predicted octanol–water partition coefficient (Wildman–Crippen LogP) is 3.13. The molecular weight excluding hydrogens is 378 g/mol. The highest BCUT2D eigenvalue weighted by Crippen LogP contribution is 2.34. The molecule has 3 rings (SSSR count). The summed E-state index contributed by atoms with van der Waals surface area (Å²) < 4.78 is 28.6. The molecule has 0 bridgehead atoms. The average molecular weight is 408 g/mol. The van der Waals surface area contributed by atoms with Gasteiger partial charge in [0.2, 0.25) is 5.88 Å². The first kappa shape index (κ1) is 20.8. The summed E-state index contributed by atoms with van der Waals surface area (Å²) in [5.74, 6) is 1.07. The van der Waals surface area contributed by atoms with E-state index in [0.29, 0.717) is 17.4 Å². The first-order valence-electron chi connectivity index (χ1n) is 10.0. The Hall–Kier alpha value is -1.96. The van der Waals surface area contributed by atoms with Crippen molar-refractivity contribution in [1.29, 1.82) is 0 Å². The third kappa shape index (κ3) is 5.77. The van der Waals surface area contributed by atoms with Gasteiger partial charge in [-0.15, -0.1) is 0 Å². The van der Waals surface area contributed by atoms with Crippen molar-refractivity contribution in [3.05, 3.63) is 29.1 Å². The molecular formula is C20H29N3O4S. The van der Waals surface area contributed by atoms with Crippen LogP contribution < -0.4 is 10.1 Å². The molecule has 2 aliphatic rings. The van der Waals surface area contributed by atoms with E-state index in [1.165, 1.54) is 18.9 Å². The third-order valence-electron chi connectivity index (χ3n) is 5.29. The number of hydrogen-bond acceptors (Lipinski definition) is 6. The van der Waals surface area contributed by atoms with Crippen LogP contribution in [0.25, 0.3) is 0 Å². The number of carbonyl (C=O) groups excluding carboxylic acids is 1. The number of carbonyl (C=O) groups is 1. The minimum Gasteiger partial charge on any atom is -0.474 e. The van der Waals surface area contributed by atoms with Crippen LogP contribution in [0.4, 0.5) is 0 Å². The first-order chi connectivity index (χ1) is 13.3. The van der Waals surface area contributed by atoms with Gasteiger partial charge >= 0.3 is 0 Å². The zero-order valence-electron chi connectivity index (χ0n) is 16.6. The Balaban J connectivity index is 1.79. The molecule has 0 aliphatic heterocycles. The molecule has 2 aliphatic carbocycles. The van der Waals surface area contributed by atoms with Gasteiger partial charge in [0.05, 0.1) is 0 Å². The molecule has 0 spiro atoms. The van der Waals surface area contributed by atoms with Crippen LogP contribution in [-0.4, -0.2) is 42.7 Å². The molecule has 7 nitrogen and oxygen atoms in total. The Morgan fingerprint density at radius 3 is 2.50 bits per heavy atom. The quantitative estimate of drug-likeness (QED) is 0.746. The Morgan fingerprint density at radius 1 is 1.21 bits per heavy atom. The van der Waals surface area contributed by atoms with Crippen molar-refractivity contribution < 1.29 is 17.9 Å². The molecule has 2 fully saturated rings. The second-order valence-corrected chi connectivity index (χ2v) is 9.80. The molecule has 0 aromatic carbocycles. The van der Waals surface area contributed by atoms with E-state index < -0.39 is 15.9 Å². The number of nitrogens with one attached hydrogen (secondary N) is 1. The smallest absolute Gasteiger partial charge is 0.258 e. The number of rotatable bonds is 7. The van der Waals surface area contributed by atoms with E-state index >= 15 is 0 Å². The van der Waals surface area contributed by atoms with Gasteiger partial charge < -0.3 is 10.1 Å². The Morgan fingerprint density at radius 2 is 1.86 bits per heavy atom. The van der Waals surface area contributed by atoms with Crippen LogP contribution in [0.5, 0.6) is 5.88 Å². The van der Waals surface area contributed by atoms with Crippen molar-refractivity contribution in [1.82, 2.24) is 15.3 Å². The van der Waals surface area contributed by atoms with E-state index in [1.54, 1.807) is 13.1 Å². The van der Waals surface area contributed by atoms with Crippen molar-refractivity contribution >= 4 is 15.7 Å². The summed E-state index contributed by atoms with van der Waals surface area (Å²) in [5.41, 5.74) is 0.299. The molecule has 1 unspecified atom stereocenters. The van der Waals surface area contributed by atoms with Crippen molar-refractivity contribution in [3.8, 4) is 5.88 Å². The van der Waals surface area contributed by atoms with E-state index in [4.69, 9.17) is 4.74 Å². The Bertz CT molecular complexity index is 826. The van der Waals surface area contributed by atoms with Gasteiger partial charge in [0.15, 0.2) is 9.84 Å². The molecule has 154 valence electrons.